The highest BCUT2D eigenvalue weighted by atomic mass is 19.1. The van der Waals surface area contributed by atoms with Gasteiger partial charge in [0.25, 0.3) is 0 Å². The first-order valence-corrected chi connectivity index (χ1v) is 8.33. The van der Waals surface area contributed by atoms with Crippen LogP contribution >= 0.6 is 0 Å². The summed E-state index contributed by atoms with van der Waals surface area (Å²) in [7, 11) is 0. The summed E-state index contributed by atoms with van der Waals surface area (Å²) in [6.45, 7) is 8.76. The van der Waals surface area contributed by atoms with E-state index in [9.17, 15) is 24.4 Å². The second kappa shape index (κ2) is 7.30. The van der Waals surface area contributed by atoms with Crippen LogP contribution in [0, 0.1) is 29.8 Å². The lowest BCUT2D eigenvalue weighted by Crippen LogP contribution is -2.31. The number of aryl methyl sites for hydroxylation is 1. The molecule has 0 aliphatic rings. The van der Waals surface area contributed by atoms with Gasteiger partial charge in [-0.05, 0) is 48.1 Å². The molecule has 2 aromatic rings. The van der Waals surface area contributed by atoms with Crippen molar-refractivity contribution in [2.75, 3.05) is 4.90 Å². The van der Waals surface area contributed by atoms with Crippen molar-refractivity contribution >= 4 is 17.6 Å². The van der Waals surface area contributed by atoms with Gasteiger partial charge in [0.15, 0.2) is 0 Å². The van der Waals surface area contributed by atoms with E-state index in [1.807, 2.05) is 20.8 Å². The highest BCUT2D eigenvalue weighted by Gasteiger charge is 2.32. The Morgan fingerprint density at radius 1 is 1.33 bits per heavy atom. The second-order valence-electron chi connectivity index (χ2n) is 7.42. The number of carboxylic acid groups (broad SMARTS) is 1. The van der Waals surface area contributed by atoms with Crippen LogP contribution in [-0.4, -0.2) is 21.1 Å². The Morgan fingerprint density at radius 3 is 2.44 bits per heavy atom. The Kier molecular flexibility index (Phi) is 5.48. The summed E-state index contributed by atoms with van der Waals surface area (Å²) in [6.07, 6.45) is 0.0997. The molecule has 144 valence electrons. The van der Waals surface area contributed by atoms with Crippen molar-refractivity contribution in [1.82, 2.24) is 4.98 Å². The fourth-order valence-corrected chi connectivity index (χ4v) is 2.99. The first-order chi connectivity index (χ1) is 12.4. The number of pyridine rings is 1. The van der Waals surface area contributed by atoms with Gasteiger partial charge < -0.3 is 5.11 Å². The minimum absolute atomic E-state index is 0.177. The SMILES string of the molecule is Cc1cc(F)ccc1CN(C(=O)O)c1ncc(C(C)(C)C)c(C)c1[N+](=O)[O-]. The maximum Gasteiger partial charge on any atom is 0.413 e. The number of halogens is 1. The maximum absolute atomic E-state index is 13.3. The zero-order chi connectivity index (χ0) is 20.5. The molecule has 0 fully saturated rings. The Bertz CT molecular complexity index is 907. The Balaban J connectivity index is 2.62. The summed E-state index contributed by atoms with van der Waals surface area (Å²) in [4.78, 5) is 27.9. The molecule has 0 radical (unpaired) electrons. The molecule has 1 heterocycles. The van der Waals surface area contributed by atoms with E-state index < -0.39 is 16.8 Å². The smallest absolute Gasteiger partial charge is 0.413 e. The van der Waals surface area contributed by atoms with Gasteiger partial charge >= 0.3 is 11.8 Å². The number of nitro groups is 1. The number of benzene rings is 1. The highest BCUT2D eigenvalue weighted by molar-refractivity contribution is 5.88. The lowest BCUT2D eigenvalue weighted by atomic mass is 9.85. The van der Waals surface area contributed by atoms with Gasteiger partial charge in [-0.2, -0.15) is 0 Å². The molecule has 0 atom stereocenters. The fraction of sp³-hybridized carbons (Fsp3) is 0.368. The van der Waals surface area contributed by atoms with Crippen LogP contribution < -0.4 is 4.90 Å². The summed E-state index contributed by atoms with van der Waals surface area (Å²) in [5.41, 5.74) is 1.40. The van der Waals surface area contributed by atoms with E-state index in [-0.39, 0.29) is 23.5 Å². The predicted molar refractivity (Wildman–Crippen MR) is 99.7 cm³/mol. The van der Waals surface area contributed by atoms with E-state index in [1.54, 1.807) is 13.8 Å². The van der Waals surface area contributed by atoms with E-state index in [4.69, 9.17) is 0 Å². The first kappa shape index (κ1) is 20.3. The second-order valence-corrected chi connectivity index (χ2v) is 7.42. The van der Waals surface area contributed by atoms with Crippen LogP contribution in [0.3, 0.4) is 0 Å². The largest absolute Gasteiger partial charge is 0.465 e. The Labute approximate surface area is 156 Å². The van der Waals surface area contributed by atoms with Crippen LogP contribution in [0.4, 0.5) is 20.7 Å². The third kappa shape index (κ3) is 4.21. The first-order valence-electron chi connectivity index (χ1n) is 8.33. The van der Waals surface area contributed by atoms with Crippen LogP contribution in [0.15, 0.2) is 24.4 Å². The summed E-state index contributed by atoms with van der Waals surface area (Å²) in [5.74, 6) is -0.686. The molecule has 0 saturated carbocycles. The number of hydrogen-bond donors (Lipinski definition) is 1. The molecule has 8 heteroatoms. The molecule has 1 amide bonds. The van der Waals surface area contributed by atoms with Gasteiger partial charge in [-0.3, -0.25) is 15.0 Å². The molecule has 1 aromatic carbocycles. The van der Waals surface area contributed by atoms with E-state index in [0.717, 1.165) is 4.90 Å². The summed E-state index contributed by atoms with van der Waals surface area (Å²) < 4.78 is 13.3. The molecule has 0 aliphatic heterocycles. The van der Waals surface area contributed by atoms with Gasteiger partial charge in [-0.25, -0.2) is 14.2 Å². The molecule has 7 nitrogen and oxygen atoms in total. The van der Waals surface area contributed by atoms with Gasteiger partial charge in [-0.1, -0.05) is 26.8 Å². The number of nitrogens with zero attached hydrogens (tertiary/aromatic N) is 3. The summed E-state index contributed by atoms with van der Waals surface area (Å²) in [5, 5.41) is 21.4. The molecule has 1 aromatic heterocycles. The zero-order valence-electron chi connectivity index (χ0n) is 15.9. The van der Waals surface area contributed by atoms with Crippen molar-refractivity contribution in [3.05, 3.63) is 62.6 Å². The predicted octanol–water partition coefficient (Wildman–Crippen LogP) is 4.73. The van der Waals surface area contributed by atoms with E-state index in [0.29, 0.717) is 22.3 Å². The molecule has 0 saturated heterocycles. The van der Waals surface area contributed by atoms with Crippen molar-refractivity contribution in [3.63, 3.8) is 0 Å². The van der Waals surface area contributed by atoms with Crippen LogP contribution in [0.5, 0.6) is 0 Å². The van der Waals surface area contributed by atoms with E-state index >= 15 is 0 Å². The molecule has 0 aliphatic carbocycles. The zero-order valence-corrected chi connectivity index (χ0v) is 15.9. The van der Waals surface area contributed by atoms with Crippen molar-refractivity contribution in [3.8, 4) is 0 Å². The van der Waals surface area contributed by atoms with Gasteiger partial charge in [0.1, 0.15) is 5.82 Å². The van der Waals surface area contributed by atoms with E-state index in [1.165, 1.54) is 24.4 Å². The minimum atomic E-state index is -1.38. The van der Waals surface area contributed by atoms with Gasteiger partial charge in [0.05, 0.1) is 11.5 Å². The fourth-order valence-electron chi connectivity index (χ4n) is 2.99. The Morgan fingerprint density at radius 2 is 1.96 bits per heavy atom. The molecular weight excluding hydrogens is 353 g/mol. The molecule has 27 heavy (non-hydrogen) atoms. The molecule has 0 spiro atoms. The van der Waals surface area contributed by atoms with E-state index in [2.05, 4.69) is 4.98 Å². The molecule has 0 unspecified atom stereocenters. The monoisotopic (exact) mass is 375 g/mol. The molecular formula is C19H22FN3O4. The summed E-state index contributed by atoms with van der Waals surface area (Å²) >= 11 is 0. The summed E-state index contributed by atoms with van der Waals surface area (Å²) in [6, 6.07) is 3.96. The number of amides is 1. The lowest BCUT2D eigenvalue weighted by molar-refractivity contribution is -0.385. The van der Waals surface area contributed by atoms with Gasteiger partial charge in [0, 0.05) is 11.8 Å². The lowest BCUT2D eigenvalue weighted by Gasteiger charge is -2.24. The number of carbonyl (C=O) groups is 1. The number of rotatable bonds is 4. The van der Waals surface area contributed by atoms with Crippen molar-refractivity contribution in [2.45, 2.75) is 46.6 Å². The van der Waals surface area contributed by atoms with Crippen molar-refractivity contribution in [1.29, 1.82) is 0 Å². The quantitative estimate of drug-likeness (QED) is 0.616. The highest BCUT2D eigenvalue weighted by Crippen LogP contribution is 2.37. The van der Waals surface area contributed by atoms with Crippen molar-refractivity contribution < 1.29 is 19.2 Å². The normalized spacial score (nSPS) is 11.3. The molecule has 0 bridgehead atoms. The Hall–Kier alpha value is -3.03. The third-order valence-corrected chi connectivity index (χ3v) is 4.40. The van der Waals surface area contributed by atoms with Crippen LogP contribution in [0.25, 0.3) is 0 Å². The van der Waals surface area contributed by atoms with Gasteiger partial charge in [0.2, 0.25) is 5.82 Å². The van der Waals surface area contributed by atoms with Gasteiger partial charge in [-0.15, -0.1) is 0 Å². The molecule has 2 rings (SSSR count). The third-order valence-electron chi connectivity index (χ3n) is 4.40. The number of hydrogen-bond acceptors (Lipinski definition) is 4. The van der Waals surface area contributed by atoms with Crippen molar-refractivity contribution in [2.24, 2.45) is 0 Å². The average molecular weight is 375 g/mol. The topological polar surface area (TPSA) is 96.6 Å². The van der Waals surface area contributed by atoms with Crippen LogP contribution in [-0.2, 0) is 12.0 Å². The van der Waals surface area contributed by atoms with Crippen LogP contribution in [0.1, 0.15) is 43.0 Å². The average Bonchev–Trinajstić information content (AvgIpc) is 2.51. The molecule has 1 N–H and O–H groups in total. The van der Waals surface area contributed by atoms with Crippen LogP contribution in [0.2, 0.25) is 0 Å². The maximum atomic E-state index is 13.3. The number of aromatic nitrogens is 1. The minimum Gasteiger partial charge on any atom is -0.465 e. The standard InChI is InChI=1S/C19H22FN3O4/c1-11-8-14(20)7-6-13(11)10-22(18(24)25)17-16(23(26)27)12(2)15(9-21-17)19(3,4)5/h6-9H,10H2,1-5H3,(H,24,25). The number of anilines is 1.